The van der Waals surface area contributed by atoms with E-state index in [0.29, 0.717) is 11.0 Å². The van der Waals surface area contributed by atoms with E-state index in [2.05, 4.69) is 20.5 Å². The molecule has 0 unspecified atom stereocenters. The molecule has 6 nitrogen and oxygen atoms in total. The van der Waals surface area contributed by atoms with E-state index >= 15 is 0 Å². The van der Waals surface area contributed by atoms with E-state index in [1.165, 1.54) is 17.3 Å². The second-order valence-corrected chi connectivity index (χ2v) is 8.22. The minimum atomic E-state index is -0.0865. The first kappa shape index (κ1) is 20.8. The molecule has 1 N–H and O–H groups in total. The Bertz CT molecular complexity index is 1200. The molecule has 0 aliphatic carbocycles. The molecule has 0 radical (unpaired) electrons. The maximum Gasteiger partial charge on any atom is 0.234 e. The number of carbonyl (C=O) groups is 1. The van der Waals surface area contributed by atoms with Crippen LogP contribution in [0.1, 0.15) is 16.7 Å². The van der Waals surface area contributed by atoms with Gasteiger partial charge in [-0.2, -0.15) is 0 Å². The normalized spacial score (nSPS) is 10.8. The van der Waals surface area contributed by atoms with Gasteiger partial charge in [0.2, 0.25) is 5.91 Å². The average molecular weight is 430 g/mol. The zero-order chi connectivity index (χ0) is 21.8. The topological polar surface area (TPSA) is 72.7 Å². The number of hydrogen-bond donors (Lipinski definition) is 1. The van der Waals surface area contributed by atoms with Crippen molar-refractivity contribution in [3.63, 3.8) is 0 Å². The van der Waals surface area contributed by atoms with Crippen molar-refractivity contribution in [2.45, 2.75) is 25.9 Å². The Morgan fingerprint density at radius 1 is 0.968 bits per heavy atom. The summed E-state index contributed by atoms with van der Waals surface area (Å²) in [5.41, 5.74) is 5.86. The molecular formula is C24H23N5OS. The highest BCUT2D eigenvalue weighted by atomic mass is 32.2. The second kappa shape index (κ2) is 9.14. The molecule has 0 aliphatic rings. The van der Waals surface area contributed by atoms with Gasteiger partial charge in [0.25, 0.3) is 0 Å². The van der Waals surface area contributed by atoms with Gasteiger partial charge in [-0.15, -0.1) is 10.2 Å². The fourth-order valence-corrected chi connectivity index (χ4v) is 3.91. The minimum Gasteiger partial charge on any atom is -0.325 e. The van der Waals surface area contributed by atoms with Crippen LogP contribution in [0.3, 0.4) is 0 Å². The number of pyridine rings is 1. The van der Waals surface area contributed by atoms with Gasteiger partial charge < -0.3 is 5.32 Å². The summed E-state index contributed by atoms with van der Waals surface area (Å²) < 4.78 is 1.94. The van der Waals surface area contributed by atoms with Gasteiger partial charge in [-0.25, -0.2) is 0 Å². The smallest absolute Gasteiger partial charge is 0.234 e. The lowest BCUT2D eigenvalue weighted by Crippen LogP contribution is -2.15. The molecule has 0 bridgehead atoms. The highest BCUT2D eigenvalue weighted by Gasteiger charge is 2.18. The molecule has 4 aromatic rings. The third-order valence-corrected chi connectivity index (χ3v) is 5.96. The van der Waals surface area contributed by atoms with E-state index in [0.717, 1.165) is 28.2 Å². The summed E-state index contributed by atoms with van der Waals surface area (Å²) in [6, 6.07) is 19.7. The summed E-state index contributed by atoms with van der Waals surface area (Å²) in [6.45, 7) is 6.08. The predicted octanol–water partition coefficient (Wildman–Crippen LogP) is 4.99. The molecule has 2 aromatic carbocycles. The number of hydrogen-bond acceptors (Lipinski definition) is 5. The van der Waals surface area contributed by atoms with Gasteiger partial charge in [0, 0.05) is 17.6 Å². The van der Waals surface area contributed by atoms with Crippen LogP contribution >= 0.6 is 11.8 Å². The molecule has 7 heteroatoms. The lowest BCUT2D eigenvalue weighted by Gasteiger charge is -2.12. The molecular weight excluding hydrogens is 406 g/mol. The van der Waals surface area contributed by atoms with Crippen molar-refractivity contribution >= 4 is 23.4 Å². The van der Waals surface area contributed by atoms with Crippen LogP contribution in [0.2, 0.25) is 0 Å². The lowest BCUT2D eigenvalue weighted by molar-refractivity contribution is -0.113. The lowest BCUT2D eigenvalue weighted by atomic mass is 10.1. The standard InChI is InChI=1S/C24H23N5OS/c1-16-10-12-19(13-11-16)29-23(21-8-4-5-14-25-21)27-28-24(29)31-15-22(30)26-20-9-6-7-17(2)18(20)3/h4-14H,15H2,1-3H3,(H,26,30). The highest BCUT2D eigenvalue weighted by Crippen LogP contribution is 2.27. The number of benzene rings is 2. The van der Waals surface area contributed by atoms with Gasteiger partial charge in [0.15, 0.2) is 11.0 Å². The summed E-state index contributed by atoms with van der Waals surface area (Å²) in [5, 5.41) is 12.4. The first-order chi connectivity index (χ1) is 15.0. The summed E-state index contributed by atoms with van der Waals surface area (Å²) in [5.74, 6) is 0.776. The van der Waals surface area contributed by atoms with E-state index in [1.807, 2.05) is 86.0 Å². The average Bonchev–Trinajstić information content (AvgIpc) is 3.21. The zero-order valence-corrected chi connectivity index (χ0v) is 18.5. The maximum atomic E-state index is 12.6. The van der Waals surface area contributed by atoms with Crippen molar-refractivity contribution in [1.29, 1.82) is 0 Å². The Kier molecular flexibility index (Phi) is 6.13. The van der Waals surface area contributed by atoms with Crippen molar-refractivity contribution in [1.82, 2.24) is 19.7 Å². The van der Waals surface area contributed by atoms with Gasteiger partial charge in [-0.3, -0.25) is 14.3 Å². The third kappa shape index (κ3) is 4.67. The molecule has 1 amide bonds. The Morgan fingerprint density at radius 3 is 2.52 bits per heavy atom. The fourth-order valence-electron chi connectivity index (χ4n) is 3.15. The molecule has 156 valence electrons. The predicted molar refractivity (Wildman–Crippen MR) is 125 cm³/mol. The Hall–Kier alpha value is -3.45. The summed E-state index contributed by atoms with van der Waals surface area (Å²) in [6.07, 6.45) is 1.73. The van der Waals surface area contributed by atoms with Gasteiger partial charge >= 0.3 is 0 Å². The Morgan fingerprint density at radius 2 is 1.77 bits per heavy atom. The van der Waals surface area contributed by atoms with Crippen LogP contribution in [0.4, 0.5) is 5.69 Å². The molecule has 2 heterocycles. The van der Waals surface area contributed by atoms with E-state index in [1.54, 1.807) is 6.20 Å². The number of anilines is 1. The van der Waals surface area contributed by atoms with Crippen LogP contribution in [0.15, 0.2) is 72.0 Å². The molecule has 2 aromatic heterocycles. The number of aryl methyl sites for hydroxylation is 2. The second-order valence-electron chi connectivity index (χ2n) is 7.28. The number of aromatic nitrogens is 4. The van der Waals surface area contributed by atoms with Crippen molar-refractivity contribution in [2.24, 2.45) is 0 Å². The molecule has 31 heavy (non-hydrogen) atoms. The summed E-state index contributed by atoms with van der Waals surface area (Å²) in [4.78, 5) is 17.0. The SMILES string of the molecule is Cc1ccc(-n2c(SCC(=O)Nc3cccc(C)c3C)nnc2-c2ccccn2)cc1. The van der Waals surface area contributed by atoms with E-state index in [4.69, 9.17) is 0 Å². The molecule has 0 saturated carbocycles. The van der Waals surface area contributed by atoms with Crippen LogP contribution in [0, 0.1) is 20.8 Å². The number of nitrogens with one attached hydrogen (secondary N) is 1. The van der Waals surface area contributed by atoms with Crippen LogP contribution in [0.25, 0.3) is 17.2 Å². The van der Waals surface area contributed by atoms with Crippen molar-refractivity contribution in [3.8, 4) is 17.2 Å². The van der Waals surface area contributed by atoms with Crippen LogP contribution < -0.4 is 5.32 Å². The van der Waals surface area contributed by atoms with Gasteiger partial charge in [-0.1, -0.05) is 47.7 Å². The first-order valence-corrected chi connectivity index (χ1v) is 10.9. The highest BCUT2D eigenvalue weighted by molar-refractivity contribution is 7.99. The van der Waals surface area contributed by atoms with Gasteiger partial charge in [0.05, 0.1) is 5.75 Å². The van der Waals surface area contributed by atoms with Crippen molar-refractivity contribution in [2.75, 3.05) is 11.1 Å². The number of amides is 1. The number of carbonyl (C=O) groups excluding carboxylic acids is 1. The summed E-state index contributed by atoms with van der Waals surface area (Å²) >= 11 is 1.35. The number of nitrogens with zero attached hydrogens (tertiary/aromatic N) is 4. The van der Waals surface area contributed by atoms with Gasteiger partial charge in [-0.05, 0) is 62.2 Å². The largest absolute Gasteiger partial charge is 0.325 e. The molecule has 0 spiro atoms. The van der Waals surface area contributed by atoms with E-state index in [-0.39, 0.29) is 11.7 Å². The van der Waals surface area contributed by atoms with E-state index < -0.39 is 0 Å². The zero-order valence-electron chi connectivity index (χ0n) is 17.7. The quantitative estimate of drug-likeness (QED) is 0.437. The molecule has 0 atom stereocenters. The van der Waals surface area contributed by atoms with Crippen LogP contribution in [-0.2, 0) is 4.79 Å². The molecule has 4 rings (SSSR count). The number of thioether (sulfide) groups is 1. The molecule has 0 fully saturated rings. The Labute approximate surface area is 185 Å². The minimum absolute atomic E-state index is 0.0865. The van der Waals surface area contributed by atoms with Crippen molar-refractivity contribution in [3.05, 3.63) is 83.6 Å². The molecule has 0 aliphatic heterocycles. The fraction of sp³-hybridized carbons (Fsp3) is 0.167. The van der Waals surface area contributed by atoms with E-state index in [9.17, 15) is 4.79 Å². The summed E-state index contributed by atoms with van der Waals surface area (Å²) in [7, 11) is 0. The number of rotatable bonds is 6. The van der Waals surface area contributed by atoms with Crippen molar-refractivity contribution < 1.29 is 4.79 Å². The van der Waals surface area contributed by atoms with Crippen LogP contribution in [0.5, 0.6) is 0 Å². The first-order valence-electron chi connectivity index (χ1n) is 9.95. The third-order valence-electron chi connectivity index (χ3n) is 5.03. The molecule has 0 saturated heterocycles. The Balaban J connectivity index is 1.59. The van der Waals surface area contributed by atoms with Crippen LogP contribution in [-0.4, -0.2) is 31.4 Å². The maximum absolute atomic E-state index is 12.6. The monoisotopic (exact) mass is 429 g/mol. The van der Waals surface area contributed by atoms with Gasteiger partial charge in [0.1, 0.15) is 5.69 Å².